The van der Waals surface area contributed by atoms with Gasteiger partial charge in [0.2, 0.25) is 5.91 Å². The summed E-state index contributed by atoms with van der Waals surface area (Å²) in [6.45, 7) is 2.23. The number of likely N-dealkylation sites (tertiary alicyclic amines) is 1. The molecular formula is C18H21N3O2. The second kappa shape index (κ2) is 5.11. The molecule has 4 rings (SSSR count). The lowest BCUT2D eigenvalue weighted by Crippen LogP contribution is -2.44. The first-order valence-corrected chi connectivity index (χ1v) is 8.18. The molecule has 0 radical (unpaired) electrons. The summed E-state index contributed by atoms with van der Waals surface area (Å²) in [4.78, 5) is 26.3. The van der Waals surface area contributed by atoms with Crippen LogP contribution in [0.15, 0.2) is 30.3 Å². The van der Waals surface area contributed by atoms with Crippen LogP contribution >= 0.6 is 0 Å². The number of carbonyl (C=O) groups excluding carboxylic acids is 2. The second-order valence-corrected chi connectivity index (χ2v) is 6.89. The molecule has 2 amide bonds. The van der Waals surface area contributed by atoms with Crippen LogP contribution in [0.4, 0.5) is 0 Å². The molecule has 0 saturated carbocycles. The van der Waals surface area contributed by atoms with Gasteiger partial charge in [0.05, 0.1) is 0 Å². The Labute approximate surface area is 135 Å². The molecule has 0 aliphatic carbocycles. The van der Waals surface area contributed by atoms with Crippen LogP contribution in [-0.4, -0.2) is 40.9 Å². The van der Waals surface area contributed by atoms with E-state index in [-0.39, 0.29) is 17.2 Å². The van der Waals surface area contributed by atoms with E-state index in [9.17, 15) is 9.59 Å². The molecule has 1 spiro atoms. The molecule has 5 nitrogen and oxygen atoms in total. The van der Waals surface area contributed by atoms with Gasteiger partial charge in [-0.15, -0.1) is 0 Å². The molecule has 2 fully saturated rings. The average Bonchev–Trinajstić information content (AvgIpc) is 3.09. The number of amides is 2. The predicted octanol–water partition coefficient (Wildman–Crippen LogP) is 1.92. The quantitative estimate of drug-likeness (QED) is 0.875. The van der Waals surface area contributed by atoms with Crippen LogP contribution in [-0.2, 0) is 11.8 Å². The molecule has 2 saturated heterocycles. The smallest absolute Gasteiger partial charge is 0.270 e. The number of benzene rings is 1. The maximum Gasteiger partial charge on any atom is 0.270 e. The third kappa shape index (κ3) is 2.31. The van der Waals surface area contributed by atoms with Crippen molar-refractivity contribution in [2.45, 2.75) is 19.3 Å². The first-order chi connectivity index (χ1) is 11.1. The van der Waals surface area contributed by atoms with E-state index in [1.807, 2.05) is 46.8 Å². The molecule has 0 bridgehead atoms. The standard InChI is InChI=1S/C18H21N3O2/c1-20-14-5-3-2-4-13(14)10-15(20)17(23)21-8-6-18(7-9-21)11-16(22)19-12-18/h2-5,10H,6-9,11-12H2,1H3,(H,19,22). The lowest BCUT2D eigenvalue weighted by molar-refractivity contribution is -0.119. The number of rotatable bonds is 1. The number of piperidine rings is 1. The maximum absolute atomic E-state index is 12.9. The van der Waals surface area contributed by atoms with E-state index < -0.39 is 0 Å². The Kier molecular flexibility index (Phi) is 3.18. The van der Waals surface area contributed by atoms with E-state index in [2.05, 4.69) is 5.32 Å². The van der Waals surface area contributed by atoms with Gasteiger partial charge >= 0.3 is 0 Å². The van der Waals surface area contributed by atoms with Crippen LogP contribution in [0.25, 0.3) is 10.9 Å². The summed E-state index contributed by atoms with van der Waals surface area (Å²) in [5, 5.41) is 4.03. The SMILES string of the molecule is Cn1c(C(=O)N2CCC3(CC2)CNC(=O)C3)cc2ccccc21. The highest BCUT2D eigenvalue weighted by atomic mass is 16.2. The molecule has 0 atom stereocenters. The van der Waals surface area contributed by atoms with Gasteiger partial charge in [-0.05, 0) is 30.4 Å². The number of fused-ring (bicyclic) bond motifs is 1. The number of hydrogen-bond donors (Lipinski definition) is 1. The van der Waals surface area contributed by atoms with Crippen molar-refractivity contribution in [2.24, 2.45) is 12.5 Å². The minimum absolute atomic E-state index is 0.0762. The summed E-state index contributed by atoms with van der Waals surface area (Å²) in [5.74, 6) is 0.245. The first kappa shape index (κ1) is 14.3. The van der Waals surface area contributed by atoms with Crippen LogP contribution in [0.2, 0.25) is 0 Å². The van der Waals surface area contributed by atoms with Gasteiger partial charge in [0.15, 0.2) is 0 Å². The lowest BCUT2D eigenvalue weighted by Gasteiger charge is -2.38. The fraction of sp³-hybridized carbons (Fsp3) is 0.444. The highest BCUT2D eigenvalue weighted by molar-refractivity contribution is 5.98. The van der Waals surface area contributed by atoms with Gasteiger partial charge in [0.25, 0.3) is 5.91 Å². The summed E-state index contributed by atoms with van der Waals surface area (Å²) in [6.07, 6.45) is 2.42. The van der Waals surface area contributed by atoms with Gasteiger partial charge in [-0.25, -0.2) is 0 Å². The van der Waals surface area contributed by atoms with E-state index in [0.717, 1.165) is 49.1 Å². The summed E-state index contributed by atoms with van der Waals surface area (Å²) in [5.41, 5.74) is 1.89. The van der Waals surface area contributed by atoms with Crippen LogP contribution in [0, 0.1) is 5.41 Å². The maximum atomic E-state index is 12.9. The molecule has 23 heavy (non-hydrogen) atoms. The van der Waals surface area contributed by atoms with Crippen LogP contribution < -0.4 is 5.32 Å². The number of nitrogens with zero attached hydrogens (tertiary/aromatic N) is 2. The number of carbonyl (C=O) groups is 2. The van der Waals surface area contributed by atoms with Gasteiger partial charge < -0.3 is 14.8 Å². The van der Waals surface area contributed by atoms with Crippen molar-refractivity contribution in [3.8, 4) is 0 Å². The number of aryl methyl sites for hydroxylation is 1. The Bertz CT molecular complexity index is 785. The van der Waals surface area contributed by atoms with Crippen molar-refractivity contribution >= 4 is 22.7 Å². The summed E-state index contributed by atoms with van der Waals surface area (Å²) < 4.78 is 1.97. The van der Waals surface area contributed by atoms with E-state index in [1.54, 1.807) is 0 Å². The largest absolute Gasteiger partial charge is 0.356 e. The Hall–Kier alpha value is -2.30. The van der Waals surface area contributed by atoms with E-state index in [4.69, 9.17) is 0 Å². The monoisotopic (exact) mass is 311 g/mol. The molecule has 1 aromatic heterocycles. The molecule has 120 valence electrons. The average molecular weight is 311 g/mol. The van der Waals surface area contributed by atoms with Gasteiger partial charge in [0.1, 0.15) is 5.69 Å². The van der Waals surface area contributed by atoms with Crippen molar-refractivity contribution < 1.29 is 9.59 Å². The third-order valence-electron chi connectivity index (χ3n) is 5.48. The Morgan fingerprint density at radius 2 is 1.96 bits per heavy atom. The number of hydrogen-bond acceptors (Lipinski definition) is 2. The van der Waals surface area contributed by atoms with Crippen molar-refractivity contribution in [1.29, 1.82) is 0 Å². The molecule has 2 aliphatic heterocycles. The molecule has 3 heterocycles. The molecule has 2 aromatic rings. The summed E-state index contributed by atoms with van der Waals surface area (Å²) in [6, 6.07) is 10.0. The Morgan fingerprint density at radius 3 is 2.61 bits per heavy atom. The second-order valence-electron chi connectivity index (χ2n) is 6.89. The van der Waals surface area contributed by atoms with E-state index in [0.29, 0.717) is 6.42 Å². The van der Waals surface area contributed by atoms with Crippen LogP contribution in [0.1, 0.15) is 29.8 Å². The zero-order valence-electron chi connectivity index (χ0n) is 13.3. The minimum Gasteiger partial charge on any atom is -0.356 e. The summed E-state index contributed by atoms with van der Waals surface area (Å²) in [7, 11) is 1.95. The molecule has 2 aliphatic rings. The molecule has 5 heteroatoms. The molecule has 0 unspecified atom stereocenters. The van der Waals surface area contributed by atoms with Crippen molar-refractivity contribution in [2.75, 3.05) is 19.6 Å². The van der Waals surface area contributed by atoms with Crippen LogP contribution in [0.5, 0.6) is 0 Å². The third-order valence-corrected chi connectivity index (χ3v) is 5.48. The lowest BCUT2D eigenvalue weighted by atomic mass is 9.77. The highest BCUT2D eigenvalue weighted by Crippen LogP contribution is 2.37. The van der Waals surface area contributed by atoms with Crippen molar-refractivity contribution in [3.63, 3.8) is 0 Å². The van der Waals surface area contributed by atoms with Gasteiger partial charge in [-0.2, -0.15) is 0 Å². The zero-order chi connectivity index (χ0) is 16.0. The first-order valence-electron chi connectivity index (χ1n) is 8.18. The number of nitrogens with one attached hydrogen (secondary N) is 1. The predicted molar refractivity (Wildman–Crippen MR) is 88.1 cm³/mol. The van der Waals surface area contributed by atoms with E-state index >= 15 is 0 Å². The molecular weight excluding hydrogens is 290 g/mol. The highest BCUT2D eigenvalue weighted by Gasteiger charge is 2.41. The zero-order valence-corrected chi connectivity index (χ0v) is 13.3. The Morgan fingerprint density at radius 1 is 1.22 bits per heavy atom. The fourth-order valence-electron chi connectivity index (χ4n) is 3.95. The normalized spacial score (nSPS) is 20.2. The fourth-order valence-corrected chi connectivity index (χ4v) is 3.95. The molecule has 1 N–H and O–H groups in total. The van der Waals surface area contributed by atoms with Crippen molar-refractivity contribution in [1.82, 2.24) is 14.8 Å². The van der Waals surface area contributed by atoms with Gasteiger partial charge in [0, 0.05) is 44.0 Å². The van der Waals surface area contributed by atoms with E-state index in [1.165, 1.54) is 0 Å². The number of aromatic nitrogens is 1. The van der Waals surface area contributed by atoms with Crippen molar-refractivity contribution in [3.05, 3.63) is 36.0 Å². The minimum atomic E-state index is 0.0762. The van der Waals surface area contributed by atoms with Crippen LogP contribution in [0.3, 0.4) is 0 Å². The Balaban J connectivity index is 1.53. The molecule has 1 aromatic carbocycles. The topological polar surface area (TPSA) is 54.3 Å². The number of para-hydroxylation sites is 1. The van der Waals surface area contributed by atoms with Gasteiger partial charge in [-0.3, -0.25) is 9.59 Å². The van der Waals surface area contributed by atoms with Gasteiger partial charge in [-0.1, -0.05) is 18.2 Å². The summed E-state index contributed by atoms with van der Waals surface area (Å²) >= 11 is 0.